The van der Waals surface area contributed by atoms with E-state index in [2.05, 4.69) is 5.32 Å². The van der Waals surface area contributed by atoms with Gasteiger partial charge in [-0.15, -0.1) is 11.3 Å². The molecule has 3 rings (SSSR count). The van der Waals surface area contributed by atoms with Crippen LogP contribution in [0.2, 0.25) is 0 Å². The van der Waals surface area contributed by atoms with Gasteiger partial charge in [-0.3, -0.25) is 4.79 Å². The van der Waals surface area contributed by atoms with Crippen molar-refractivity contribution in [3.63, 3.8) is 0 Å². The van der Waals surface area contributed by atoms with Crippen molar-refractivity contribution in [2.45, 2.75) is 10.3 Å². The molecule has 1 aromatic carbocycles. The van der Waals surface area contributed by atoms with Crippen LogP contribution in [0.25, 0.3) is 10.4 Å². The molecule has 23 heavy (non-hydrogen) atoms. The molecule has 1 aliphatic heterocycles. The second-order valence-corrected chi connectivity index (χ2v) is 8.42. The lowest BCUT2D eigenvalue weighted by Crippen LogP contribution is -2.58. The van der Waals surface area contributed by atoms with Crippen molar-refractivity contribution in [3.05, 3.63) is 42.5 Å². The quantitative estimate of drug-likeness (QED) is 0.855. The molecule has 0 bridgehead atoms. The number of nitrogens with one attached hydrogen (secondary N) is 1. The molecule has 1 saturated heterocycles. The lowest BCUT2D eigenvalue weighted by atomic mass is 10.2. The molecule has 1 amide bonds. The van der Waals surface area contributed by atoms with Crippen LogP contribution in [0, 0.1) is 0 Å². The zero-order valence-electron chi connectivity index (χ0n) is 12.3. The van der Waals surface area contributed by atoms with Crippen LogP contribution in [0.5, 0.6) is 0 Å². The standard InChI is InChI=1S/C15H17N3O3S2/c16-15(19)12-10-17-8-9-18(12)23(20,21)14-7-6-13(22-14)11-4-2-1-3-5-11/h1-7,12,17H,8-10H2,(H2,16,19). The summed E-state index contributed by atoms with van der Waals surface area (Å²) in [6.07, 6.45) is 0. The van der Waals surface area contributed by atoms with Crippen LogP contribution in [-0.4, -0.2) is 44.3 Å². The van der Waals surface area contributed by atoms with E-state index in [-0.39, 0.29) is 17.3 Å². The lowest BCUT2D eigenvalue weighted by molar-refractivity contribution is -0.122. The van der Waals surface area contributed by atoms with Crippen LogP contribution < -0.4 is 11.1 Å². The van der Waals surface area contributed by atoms with Gasteiger partial charge in [0.25, 0.3) is 10.0 Å². The summed E-state index contributed by atoms with van der Waals surface area (Å²) in [6, 6.07) is 12.1. The largest absolute Gasteiger partial charge is 0.368 e. The average molecular weight is 351 g/mol. The smallest absolute Gasteiger partial charge is 0.253 e. The second kappa shape index (κ2) is 6.40. The summed E-state index contributed by atoms with van der Waals surface area (Å²) in [5, 5.41) is 3.00. The normalized spacial score (nSPS) is 19.6. The number of carbonyl (C=O) groups is 1. The Morgan fingerprint density at radius 1 is 1.22 bits per heavy atom. The molecule has 8 heteroatoms. The van der Waals surface area contributed by atoms with Crippen molar-refractivity contribution >= 4 is 27.3 Å². The third-order valence-corrected chi connectivity index (χ3v) is 7.24. The Labute approximate surface area is 139 Å². The minimum atomic E-state index is -3.73. The maximum atomic E-state index is 12.8. The highest BCUT2D eigenvalue weighted by molar-refractivity contribution is 7.91. The van der Waals surface area contributed by atoms with E-state index in [0.29, 0.717) is 6.54 Å². The summed E-state index contributed by atoms with van der Waals surface area (Å²) in [7, 11) is -3.73. The maximum absolute atomic E-state index is 12.8. The first-order valence-corrected chi connectivity index (χ1v) is 9.43. The minimum Gasteiger partial charge on any atom is -0.368 e. The first kappa shape index (κ1) is 16.1. The van der Waals surface area contributed by atoms with Gasteiger partial charge in [-0.1, -0.05) is 30.3 Å². The second-order valence-electron chi connectivity index (χ2n) is 5.22. The first-order valence-electron chi connectivity index (χ1n) is 7.17. The summed E-state index contributed by atoms with van der Waals surface area (Å²) in [4.78, 5) is 12.4. The number of hydrogen-bond donors (Lipinski definition) is 2. The lowest BCUT2D eigenvalue weighted by Gasteiger charge is -2.32. The van der Waals surface area contributed by atoms with E-state index < -0.39 is 22.0 Å². The van der Waals surface area contributed by atoms with E-state index >= 15 is 0 Å². The van der Waals surface area contributed by atoms with Crippen LogP contribution >= 0.6 is 11.3 Å². The molecule has 0 saturated carbocycles. The molecule has 0 aliphatic carbocycles. The van der Waals surface area contributed by atoms with Crippen molar-refractivity contribution in [2.75, 3.05) is 19.6 Å². The van der Waals surface area contributed by atoms with Crippen LogP contribution in [0.1, 0.15) is 0 Å². The molecule has 122 valence electrons. The number of nitrogens with two attached hydrogens (primary N) is 1. The van der Waals surface area contributed by atoms with E-state index in [1.807, 2.05) is 30.3 Å². The van der Waals surface area contributed by atoms with Crippen molar-refractivity contribution < 1.29 is 13.2 Å². The molecule has 1 unspecified atom stereocenters. The molecule has 0 radical (unpaired) electrons. The highest BCUT2D eigenvalue weighted by atomic mass is 32.2. The van der Waals surface area contributed by atoms with Gasteiger partial charge in [-0.2, -0.15) is 4.31 Å². The van der Waals surface area contributed by atoms with Gasteiger partial charge in [0.05, 0.1) is 0 Å². The van der Waals surface area contributed by atoms with E-state index in [4.69, 9.17) is 5.73 Å². The van der Waals surface area contributed by atoms with Crippen LogP contribution in [0.4, 0.5) is 0 Å². The van der Waals surface area contributed by atoms with E-state index in [0.717, 1.165) is 10.4 Å². The molecule has 6 nitrogen and oxygen atoms in total. The summed E-state index contributed by atoms with van der Waals surface area (Å²) < 4.78 is 27.1. The van der Waals surface area contributed by atoms with Gasteiger partial charge in [0.2, 0.25) is 5.91 Å². The fraction of sp³-hybridized carbons (Fsp3) is 0.267. The van der Waals surface area contributed by atoms with Crippen molar-refractivity contribution in [1.29, 1.82) is 0 Å². The predicted octanol–water partition coefficient (Wildman–Crippen LogP) is 0.863. The number of rotatable bonds is 4. The van der Waals surface area contributed by atoms with Crippen molar-refractivity contribution in [2.24, 2.45) is 5.73 Å². The topological polar surface area (TPSA) is 92.5 Å². The van der Waals surface area contributed by atoms with Crippen LogP contribution in [-0.2, 0) is 14.8 Å². The maximum Gasteiger partial charge on any atom is 0.253 e. The SMILES string of the molecule is NC(=O)C1CNCCN1S(=O)(=O)c1ccc(-c2ccccc2)s1. The summed E-state index contributed by atoms with van der Waals surface area (Å²) in [6.45, 7) is 0.972. The van der Waals surface area contributed by atoms with E-state index in [1.54, 1.807) is 12.1 Å². The summed E-state index contributed by atoms with van der Waals surface area (Å²) >= 11 is 1.20. The number of amides is 1. The number of primary amides is 1. The Morgan fingerprint density at radius 3 is 2.65 bits per heavy atom. The molecule has 1 aliphatic rings. The van der Waals surface area contributed by atoms with Gasteiger partial charge in [-0.05, 0) is 17.7 Å². The number of hydrogen-bond acceptors (Lipinski definition) is 5. The molecule has 0 spiro atoms. The van der Waals surface area contributed by atoms with Crippen molar-refractivity contribution in [1.82, 2.24) is 9.62 Å². The van der Waals surface area contributed by atoms with E-state index in [1.165, 1.54) is 15.6 Å². The zero-order valence-corrected chi connectivity index (χ0v) is 13.9. The average Bonchev–Trinajstić information content (AvgIpc) is 3.06. The number of sulfonamides is 1. The van der Waals surface area contributed by atoms with Gasteiger partial charge >= 0.3 is 0 Å². The molecular weight excluding hydrogens is 334 g/mol. The Bertz CT molecular complexity index is 802. The molecule has 3 N–H and O–H groups in total. The van der Waals surface area contributed by atoms with Gasteiger partial charge < -0.3 is 11.1 Å². The highest BCUT2D eigenvalue weighted by Crippen LogP contribution is 2.32. The number of benzene rings is 1. The number of carbonyl (C=O) groups excluding carboxylic acids is 1. The molecule has 1 fully saturated rings. The molecular formula is C15H17N3O3S2. The summed E-state index contributed by atoms with van der Waals surface area (Å²) in [5.41, 5.74) is 6.31. The Hall–Kier alpha value is -1.74. The Kier molecular flexibility index (Phi) is 4.49. The number of nitrogens with zero attached hydrogens (tertiary/aromatic N) is 1. The Balaban J connectivity index is 1.94. The molecule has 2 aromatic rings. The van der Waals surface area contributed by atoms with Crippen LogP contribution in [0.15, 0.2) is 46.7 Å². The summed E-state index contributed by atoms with van der Waals surface area (Å²) in [5.74, 6) is -0.638. The minimum absolute atomic E-state index is 0.226. The van der Waals surface area contributed by atoms with Gasteiger partial charge in [-0.25, -0.2) is 8.42 Å². The van der Waals surface area contributed by atoms with Gasteiger partial charge in [0, 0.05) is 24.5 Å². The third kappa shape index (κ3) is 3.16. The molecule has 2 heterocycles. The van der Waals surface area contributed by atoms with Crippen LogP contribution in [0.3, 0.4) is 0 Å². The third-order valence-electron chi connectivity index (χ3n) is 3.73. The predicted molar refractivity (Wildman–Crippen MR) is 89.5 cm³/mol. The highest BCUT2D eigenvalue weighted by Gasteiger charge is 2.37. The fourth-order valence-electron chi connectivity index (χ4n) is 2.55. The fourth-order valence-corrected chi connectivity index (χ4v) is 5.58. The van der Waals surface area contributed by atoms with Gasteiger partial charge in [0.15, 0.2) is 0 Å². The first-order chi connectivity index (χ1) is 11.0. The zero-order chi connectivity index (χ0) is 16.4. The monoisotopic (exact) mass is 351 g/mol. The number of thiophene rings is 1. The van der Waals surface area contributed by atoms with Crippen molar-refractivity contribution in [3.8, 4) is 10.4 Å². The molecule has 1 atom stereocenters. The Morgan fingerprint density at radius 2 is 1.96 bits per heavy atom. The van der Waals surface area contributed by atoms with E-state index in [9.17, 15) is 13.2 Å². The van der Waals surface area contributed by atoms with Gasteiger partial charge in [0.1, 0.15) is 10.3 Å². The molecule has 1 aromatic heterocycles. The number of piperazine rings is 1.